The van der Waals surface area contributed by atoms with E-state index in [0.717, 1.165) is 24.0 Å². The Labute approximate surface area is 118 Å². The predicted molar refractivity (Wildman–Crippen MR) is 80.3 cm³/mol. The molecule has 0 radical (unpaired) electrons. The van der Waals surface area contributed by atoms with E-state index in [1.807, 2.05) is 31.4 Å². The Morgan fingerprint density at radius 1 is 1.21 bits per heavy atom. The number of halogens is 1. The summed E-state index contributed by atoms with van der Waals surface area (Å²) in [5.74, 6) is -0.165. The SMILES string of the molecule is CCc1ccc(CC(NC)c2cc(F)ccc2C)s1. The molecule has 0 amide bonds. The summed E-state index contributed by atoms with van der Waals surface area (Å²) in [4.78, 5) is 2.75. The molecule has 3 heteroatoms. The van der Waals surface area contributed by atoms with Crippen LogP contribution in [0.2, 0.25) is 0 Å². The monoisotopic (exact) mass is 277 g/mol. The molecule has 1 aromatic heterocycles. The number of thiophene rings is 1. The van der Waals surface area contributed by atoms with Crippen LogP contribution in [0.1, 0.15) is 33.8 Å². The molecule has 102 valence electrons. The maximum absolute atomic E-state index is 13.4. The Hall–Kier alpha value is -1.19. The van der Waals surface area contributed by atoms with Crippen molar-refractivity contribution in [1.82, 2.24) is 5.32 Å². The van der Waals surface area contributed by atoms with Gasteiger partial charge in [0.15, 0.2) is 0 Å². The van der Waals surface area contributed by atoms with Gasteiger partial charge in [0.05, 0.1) is 0 Å². The van der Waals surface area contributed by atoms with Crippen molar-refractivity contribution in [3.63, 3.8) is 0 Å². The summed E-state index contributed by atoms with van der Waals surface area (Å²) in [6.45, 7) is 4.20. The molecule has 19 heavy (non-hydrogen) atoms. The Bertz CT molecular complexity index is 547. The van der Waals surface area contributed by atoms with E-state index in [2.05, 4.69) is 24.4 Å². The molecule has 1 aromatic carbocycles. The lowest BCUT2D eigenvalue weighted by Crippen LogP contribution is -2.19. The normalized spacial score (nSPS) is 12.6. The van der Waals surface area contributed by atoms with E-state index in [0.29, 0.717) is 0 Å². The van der Waals surface area contributed by atoms with Gasteiger partial charge in [-0.1, -0.05) is 13.0 Å². The van der Waals surface area contributed by atoms with Gasteiger partial charge >= 0.3 is 0 Å². The average Bonchev–Trinajstić information content (AvgIpc) is 2.87. The predicted octanol–water partition coefficient (Wildman–Crippen LogP) is 4.26. The van der Waals surface area contributed by atoms with E-state index < -0.39 is 0 Å². The van der Waals surface area contributed by atoms with Crippen molar-refractivity contribution in [2.24, 2.45) is 0 Å². The van der Waals surface area contributed by atoms with Crippen molar-refractivity contribution >= 4 is 11.3 Å². The third kappa shape index (κ3) is 3.43. The molecular weight excluding hydrogens is 257 g/mol. The highest BCUT2D eigenvalue weighted by atomic mass is 32.1. The molecule has 1 nitrogen and oxygen atoms in total. The van der Waals surface area contributed by atoms with Crippen LogP contribution in [0.15, 0.2) is 30.3 Å². The first-order chi connectivity index (χ1) is 9.13. The molecule has 0 aliphatic heterocycles. The highest BCUT2D eigenvalue weighted by Crippen LogP contribution is 2.26. The maximum Gasteiger partial charge on any atom is 0.123 e. The summed E-state index contributed by atoms with van der Waals surface area (Å²) in [5.41, 5.74) is 2.18. The van der Waals surface area contributed by atoms with E-state index in [9.17, 15) is 4.39 Å². The summed E-state index contributed by atoms with van der Waals surface area (Å²) in [5, 5.41) is 3.30. The minimum atomic E-state index is -0.165. The minimum absolute atomic E-state index is 0.165. The fraction of sp³-hybridized carbons (Fsp3) is 0.375. The van der Waals surface area contributed by atoms with Gasteiger partial charge in [0.1, 0.15) is 5.82 Å². The largest absolute Gasteiger partial charge is 0.313 e. The number of nitrogens with one attached hydrogen (secondary N) is 1. The molecule has 0 aliphatic rings. The molecule has 1 atom stereocenters. The van der Waals surface area contributed by atoms with Crippen molar-refractivity contribution in [2.75, 3.05) is 7.05 Å². The van der Waals surface area contributed by atoms with Crippen LogP contribution in [0.25, 0.3) is 0 Å². The number of hydrogen-bond acceptors (Lipinski definition) is 2. The van der Waals surface area contributed by atoms with Gasteiger partial charge in [-0.25, -0.2) is 4.39 Å². The van der Waals surface area contributed by atoms with Crippen molar-refractivity contribution in [1.29, 1.82) is 0 Å². The molecular formula is C16H20FNS. The van der Waals surface area contributed by atoms with Crippen LogP contribution in [-0.2, 0) is 12.8 Å². The molecule has 1 N–H and O–H groups in total. The van der Waals surface area contributed by atoms with E-state index >= 15 is 0 Å². The molecule has 2 rings (SSSR count). The molecule has 1 heterocycles. The summed E-state index contributed by atoms with van der Waals surface area (Å²) in [7, 11) is 1.93. The number of likely N-dealkylation sites (N-methyl/N-ethyl adjacent to an activating group) is 1. The Morgan fingerprint density at radius 2 is 1.95 bits per heavy atom. The van der Waals surface area contributed by atoms with Gasteiger partial charge < -0.3 is 5.32 Å². The summed E-state index contributed by atoms with van der Waals surface area (Å²) in [6.07, 6.45) is 1.99. The first kappa shape index (κ1) is 14.2. The lowest BCUT2D eigenvalue weighted by molar-refractivity contribution is 0.577. The van der Waals surface area contributed by atoms with Gasteiger partial charge in [-0.2, -0.15) is 0 Å². The second kappa shape index (κ2) is 6.31. The molecule has 0 saturated heterocycles. The van der Waals surface area contributed by atoms with Crippen molar-refractivity contribution in [2.45, 2.75) is 32.7 Å². The highest BCUT2D eigenvalue weighted by molar-refractivity contribution is 7.11. The third-order valence-electron chi connectivity index (χ3n) is 3.44. The van der Waals surface area contributed by atoms with Crippen molar-refractivity contribution in [3.8, 4) is 0 Å². The smallest absolute Gasteiger partial charge is 0.123 e. The second-order valence-corrected chi connectivity index (χ2v) is 6.02. The van der Waals surface area contributed by atoms with Crippen LogP contribution in [0.5, 0.6) is 0 Å². The highest BCUT2D eigenvalue weighted by Gasteiger charge is 2.14. The molecule has 0 aliphatic carbocycles. The van der Waals surface area contributed by atoms with Gasteiger partial charge in [0.25, 0.3) is 0 Å². The molecule has 1 unspecified atom stereocenters. The number of benzene rings is 1. The lowest BCUT2D eigenvalue weighted by Gasteiger charge is -2.18. The lowest BCUT2D eigenvalue weighted by atomic mass is 9.98. The minimum Gasteiger partial charge on any atom is -0.313 e. The summed E-state index contributed by atoms with van der Waals surface area (Å²) in [6, 6.07) is 9.55. The fourth-order valence-corrected chi connectivity index (χ4v) is 3.28. The van der Waals surface area contributed by atoms with Crippen LogP contribution in [0.3, 0.4) is 0 Å². The van der Waals surface area contributed by atoms with E-state index in [4.69, 9.17) is 0 Å². The topological polar surface area (TPSA) is 12.0 Å². The Balaban J connectivity index is 2.22. The maximum atomic E-state index is 13.4. The number of aryl methyl sites for hydroxylation is 2. The number of rotatable bonds is 5. The van der Waals surface area contributed by atoms with Crippen LogP contribution in [-0.4, -0.2) is 7.05 Å². The summed E-state index contributed by atoms with van der Waals surface area (Å²) >= 11 is 1.85. The first-order valence-electron chi connectivity index (χ1n) is 6.65. The van der Waals surface area contributed by atoms with Crippen LogP contribution in [0, 0.1) is 12.7 Å². The van der Waals surface area contributed by atoms with Crippen molar-refractivity contribution in [3.05, 3.63) is 57.0 Å². The zero-order valence-corrected chi connectivity index (χ0v) is 12.5. The average molecular weight is 277 g/mol. The second-order valence-electron chi connectivity index (χ2n) is 4.77. The van der Waals surface area contributed by atoms with Gasteiger partial charge in [-0.15, -0.1) is 11.3 Å². The van der Waals surface area contributed by atoms with E-state index in [-0.39, 0.29) is 11.9 Å². The van der Waals surface area contributed by atoms with Gasteiger partial charge in [0, 0.05) is 22.2 Å². The zero-order chi connectivity index (χ0) is 13.8. The quantitative estimate of drug-likeness (QED) is 0.861. The molecule has 0 fully saturated rings. The summed E-state index contributed by atoms with van der Waals surface area (Å²) < 4.78 is 13.4. The zero-order valence-electron chi connectivity index (χ0n) is 11.7. The van der Waals surface area contributed by atoms with Gasteiger partial charge in [-0.05, 0) is 55.8 Å². The molecule has 0 spiro atoms. The molecule has 2 aromatic rings. The molecule has 0 bridgehead atoms. The van der Waals surface area contributed by atoms with E-state index in [1.165, 1.54) is 15.8 Å². The Kier molecular flexibility index (Phi) is 4.72. The Morgan fingerprint density at radius 3 is 2.58 bits per heavy atom. The standard InChI is InChI=1S/C16H20FNS/c1-4-13-7-8-14(19-13)10-16(18-3)15-9-12(17)6-5-11(15)2/h5-9,16,18H,4,10H2,1-3H3. The fourth-order valence-electron chi connectivity index (χ4n) is 2.28. The van der Waals surface area contributed by atoms with Gasteiger partial charge in [-0.3, -0.25) is 0 Å². The van der Waals surface area contributed by atoms with Crippen LogP contribution in [0.4, 0.5) is 4.39 Å². The van der Waals surface area contributed by atoms with Crippen LogP contribution < -0.4 is 5.32 Å². The van der Waals surface area contributed by atoms with Gasteiger partial charge in [0.2, 0.25) is 0 Å². The third-order valence-corrected chi connectivity index (χ3v) is 4.69. The molecule has 0 saturated carbocycles. The van der Waals surface area contributed by atoms with E-state index in [1.54, 1.807) is 6.07 Å². The first-order valence-corrected chi connectivity index (χ1v) is 7.46. The number of hydrogen-bond donors (Lipinski definition) is 1. The van der Waals surface area contributed by atoms with Crippen LogP contribution >= 0.6 is 11.3 Å². The van der Waals surface area contributed by atoms with Crippen molar-refractivity contribution < 1.29 is 4.39 Å².